The largest absolute Gasteiger partial charge is 0.0738 e. The van der Waals surface area contributed by atoms with Crippen LogP contribution < -0.4 is 5.19 Å². The normalized spacial score (nSPS) is 14.0. The summed E-state index contributed by atoms with van der Waals surface area (Å²) in [7, 11) is -1.17. The minimum atomic E-state index is -0.641. The lowest BCUT2D eigenvalue weighted by molar-refractivity contribution is 0.913. The van der Waals surface area contributed by atoms with Crippen molar-refractivity contribution in [3.63, 3.8) is 0 Å². The van der Waals surface area contributed by atoms with Crippen molar-refractivity contribution < 1.29 is 0 Å². The van der Waals surface area contributed by atoms with Crippen molar-refractivity contribution in [2.75, 3.05) is 0 Å². The minimum Gasteiger partial charge on any atom is -0.0738 e. The van der Waals surface area contributed by atoms with Gasteiger partial charge in [0.1, 0.15) is 0 Å². The number of hydrogen-bond acceptors (Lipinski definition) is 0. The van der Waals surface area contributed by atoms with E-state index in [4.69, 9.17) is 0 Å². The summed E-state index contributed by atoms with van der Waals surface area (Å²) in [4.78, 5) is 0. The first-order chi connectivity index (χ1) is 9.27. The van der Waals surface area contributed by atoms with Crippen LogP contribution in [0.5, 0.6) is 0 Å². The van der Waals surface area contributed by atoms with Crippen molar-refractivity contribution >= 4 is 21.8 Å². The maximum absolute atomic E-state index is 2.58. The van der Waals surface area contributed by atoms with Crippen molar-refractivity contribution in [1.82, 2.24) is 0 Å². The predicted octanol–water partition coefficient (Wildman–Crippen LogP) is 3.32. The molecule has 0 aliphatic carbocycles. The molecule has 19 heavy (non-hydrogen) atoms. The molecule has 0 bridgehead atoms. The second-order valence-electron chi connectivity index (χ2n) is 5.55. The molecule has 0 amide bonds. The zero-order valence-electron chi connectivity index (χ0n) is 12.0. The van der Waals surface area contributed by atoms with Gasteiger partial charge < -0.3 is 0 Å². The van der Waals surface area contributed by atoms with Crippen molar-refractivity contribution in [2.45, 2.75) is 32.0 Å². The van der Waals surface area contributed by atoms with Gasteiger partial charge >= 0.3 is 0 Å². The lowest BCUT2D eigenvalue weighted by Crippen LogP contribution is -2.40. The maximum atomic E-state index is 2.58. The molecule has 0 saturated carbocycles. The SMILES string of the molecule is C[SiH](CCCc1ccccc1)[SiH](C)c1ccccc1. The summed E-state index contributed by atoms with van der Waals surface area (Å²) in [6, 6.07) is 23.6. The Bertz CT molecular complexity index is 467. The number of hydrogen-bond donors (Lipinski definition) is 0. The fraction of sp³-hybridized carbons (Fsp3) is 0.294. The third-order valence-corrected chi connectivity index (χ3v) is 15.9. The van der Waals surface area contributed by atoms with Crippen LogP contribution in [0.3, 0.4) is 0 Å². The topological polar surface area (TPSA) is 0 Å². The van der Waals surface area contributed by atoms with E-state index in [1.807, 2.05) is 0 Å². The highest BCUT2D eigenvalue weighted by atomic mass is 29.2. The molecular weight excluding hydrogens is 260 g/mol. The molecule has 100 valence electrons. The monoisotopic (exact) mass is 284 g/mol. The van der Waals surface area contributed by atoms with Gasteiger partial charge in [0.15, 0.2) is 0 Å². The Morgan fingerprint density at radius 1 is 0.789 bits per heavy atom. The van der Waals surface area contributed by atoms with Crippen LogP contribution >= 0.6 is 0 Å². The number of benzene rings is 2. The second kappa shape index (κ2) is 7.46. The highest BCUT2D eigenvalue weighted by Gasteiger charge is 2.16. The predicted molar refractivity (Wildman–Crippen MR) is 91.7 cm³/mol. The van der Waals surface area contributed by atoms with Crippen molar-refractivity contribution in [3.8, 4) is 0 Å². The fourth-order valence-electron chi connectivity index (χ4n) is 2.61. The van der Waals surface area contributed by atoms with E-state index in [1.165, 1.54) is 24.4 Å². The van der Waals surface area contributed by atoms with E-state index in [-0.39, 0.29) is 0 Å². The summed E-state index contributed by atoms with van der Waals surface area (Å²) in [6.07, 6.45) is 2.63. The maximum Gasteiger partial charge on any atom is 0.0581 e. The van der Waals surface area contributed by atoms with Gasteiger partial charge in [0.2, 0.25) is 0 Å². The van der Waals surface area contributed by atoms with Crippen molar-refractivity contribution in [2.24, 2.45) is 0 Å². The van der Waals surface area contributed by atoms with E-state index in [0.29, 0.717) is 0 Å². The quantitative estimate of drug-likeness (QED) is 0.714. The molecule has 2 rings (SSSR count). The van der Waals surface area contributed by atoms with Crippen LogP contribution in [0.4, 0.5) is 0 Å². The highest BCUT2D eigenvalue weighted by molar-refractivity contribution is 7.27. The van der Waals surface area contributed by atoms with Gasteiger partial charge in [-0.05, 0) is 12.0 Å². The Balaban J connectivity index is 1.80. The van der Waals surface area contributed by atoms with Crippen molar-refractivity contribution in [1.29, 1.82) is 0 Å². The Labute approximate surface area is 120 Å². The van der Waals surface area contributed by atoms with Crippen LogP contribution in [0.15, 0.2) is 60.7 Å². The molecule has 0 heterocycles. The Hall–Kier alpha value is -1.13. The summed E-state index contributed by atoms with van der Waals surface area (Å²) in [6.45, 7) is 5.13. The first kappa shape index (κ1) is 14.3. The molecule has 0 aromatic heterocycles. The van der Waals surface area contributed by atoms with E-state index < -0.39 is 16.6 Å². The van der Waals surface area contributed by atoms with E-state index in [2.05, 4.69) is 73.8 Å². The molecule has 0 spiro atoms. The summed E-state index contributed by atoms with van der Waals surface area (Å²) >= 11 is 0. The van der Waals surface area contributed by atoms with Crippen molar-refractivity contribution in [3.05, 3.63) is 66.2 Å². The summed E-state index contributed by atoms with van der Waals surface area (Å²) in [5, 5.41) is 1.67. The van der Waals surface area contributed by atoms with Crippen LogP contribution in [-0.2, 0) is 6.42 Å². The molecular formula is C17H24Si2. The van der Waals surface area contributed by atoms with Gasteiger partial charge in [-0.3, -0.25) is 0 Å². The molecule has 2 aromatic rings. The minimum absolute atomic E-state index is 0.525. The standard InChI is InChI=1S/C17H24Si2/c1-18(19(2)17-13-7-4-8-14-17)15-9-12-16-10-5-3-6-11-16/h3-8,10-11,13-14,18-19H,9,12,15H2,1-2H3. The average molecular weight is 285 g/mol. The van der Waals surface area contributed by atoms with Crippen LogP contribution in [0.2, 0.25) is 19.1 Å². The zero-order chi connectivity index (χ0) is 13.5. The summed E-state index contributed by atoms with van der Waals surface area (Å²) in [5.74, 6) is 0. The molecule has 0 N–H and O–H groups in total. The van der Waals surface area contributed by atoms with Gasteiger partial charge in [-0.1, -0.05) is 91.4 Å². The molecule has 0 saturated heterocycles. The third-order valence-electron chi connectivity index (χ3n) is 4.15. The number of rotatable bonds is 6. The van der Waals surface area contributed by atoms with E-state index in [9.17, 15) is 0 Å². The summed E-state index contributed by atoms with van der Waals surface area (Å²) in [5.41, 5.74) is 1.50. The third kappa shape index (κ3) is 4.48. The smallest absolute Gasteiger partial charge is 0.0581 e. The fourth-order valence-corrected chi connectivity index (χ4v) is 10.3. The Kier molecular flexibility index (Phi) is 5.61. The molecule has 0 aliphatic heterocycles. The first-order valence-corrected chi connectivity index (χ1v) is 13.7. The van der Waals surface area contributed by atoms with E-state index in [0.717, 1.165) is 0 Å². The molecule has 2 heteroatoms. The molecule has 0 nitrogen and oxygen atoms in total. The van der Waals surface area contributed by atoms with Crippen LogP contribution in [0, 0.1) is 0 Å². The first-order valence-electron chi connectivity index (χ1n) is 7.36. The lowest BCUT2D eigenvalue weighted by Gasteiger charge is -2.17. The molecule has 0 aliphatic rings. The Morgan fingerprint density at radius 3 is 2.00 bits per heavy atom. The van der Waals surface area contributed by atoms with Crippen LogP contribution in [-0.4, -0.2) is 16.6 Å². The zero-order valence-corrected chi connectivity index (χ0v) is 14.4. The Morgan fingerprint density at radius 2 is 1.37 bits per heavy atom. The molecule has 0 fully saturated rings. The molecule has 2 aromatic carbocycles. The van der Waals surface area contributed by atoms with Gasteiger partial charge in [0.05, 0.1) is 8.31 Å². The van der Waals surface area contributed by atoms with Gasteiger partial charge in [-0.25, -0.2) is 0 Å². The summed E-state index contributed by atoms with van der Waals surface area (Å²) < 4.78 is 0. The number of aryl methyl sites for hydroxylation is 1. The van der Waals surface area contributed by atoms with Crippen LogP contribution in [0.1, 0.15) is 12.0 Å². The van der Waals surface area contributed by atoms with Gasteiger partial charge in [0, 0.05) is 8.31 Å². The van der Waals surface area contributed by atoms with E-state index in [1.54, 1.807) is 5.19 Å². The second-order valence-corrected chi connectivity index (χ2v) is 16.7. The lowest BCUT2D eigenvalue weighted by atomic mass is 10.1. The van der Waals surface area contributed by atoms with Gasteiger partial charge in [-0.2, -0.15) is 0 Å². The van der Waals surface area contributed by atoms with E-state index >= 15 is 0 Å². The molecule has 2 unspecified atom stereocenters. The van der Waals surface area contributed by atoms with Crippen LogP contribution in [0.25, 0.3) is 0 Å². The van der Waals surface area contributed by atoms with Gasteiger partial charge in [0.25, 0.3) is 0 Å². The average Bonchev–Trinajstić information content (AvgIpc) is 2.48. The highest BCUT2D eigenvalue weighted by Crippen LogP contribution is 2.08. The molecule has 0 radical (unpaired) electrons. The van der Waals surface area contributed by atoms with Gasteiger partial charge in [-0.15, -0.1) is 0 Å². The molecule has 2 atom stereocenters.